The van der Waals surface area contributed by atoms with Crippen molar-refractivity contribution in [2.24, 2.45) is 0 Å². The van der Waals surface area contributed by atoms with Crippen molar-refractivity contribution in [1.29, 1.82) is 0 Å². The van der Waals surface area contributed by atoms with E-state index in [1.54, 1.807) is 11.8 Å². The summed E-state index contributed by atoms with van der Waals surface area (Å²) in [6.07, 6.45) is 1.80. The average Bonchev–Trinajstić information content (AvgIpc) is 3.04. The van der Waals surface area contributed by atoms with Gasteiger partial charge in [0.2, 0.25) is 0 Å². The maximum atomic E-state index is 12.3. The van der Waals surface area contributed by atoms with Crippen LogP contribution >= 0.6 is 0 Å². The van der Waals surface area contributed by atoms with Gasteiger partial charge >= 0.3 is 0 Å². The second-order valence-electron chi connectivity index (χ2n) is 5.75. The number of carbonyl (C=O) groups is 1. The van der Waals surface area contributed by atoms with Crippen LogP contribution in [0.25, 0.3) is 0 Å². The number of para-hydroxylation sites is 1. The van der Waals surface area contributed by atoms with Crippen LogP contribution in [0.3, 0.4) is 0 Å². The van der Waals surface area contributed by atoms with E-state index in [9.17, 15) is 4.79 Å². The minimum absolute atomic E-state index is 0.0216. The highest BCUT2D eigenvalue weighted by Gasteiger charge is 2.25. The molecular formula is C17H21N3O4. The molecule has 2 heterocycles. The van der Waals surface area contributed by atoms with Crippen molar-refractivity contribution in [1.82, 2.24) is 15.0 Å². The van der Waals surface area contributed by atoms with E-state index in [0.717, 1.165) is 19.4 Å². The Kier molecular flexibility index (Phi) is 5.43. The van der Waals surface area contributed by atoms with Gasteiger partial charge in [-0.2, -0.15) is 4.98 Å². The molecule has 1 aromatic carbocycles. The Labute approximate surface area is 140 Å². The molecule has 7 heteroatoms. The van der Waals surface area contributed by atoms with Crippen molar-refractivity contribution >= 4 is 5.91 Å². The van der Waals surface area contributed by atoms with Crippen LogP contribution in [-0.2, 0) is 16.1 Å². The summed E-state index contributed by atoms with van der Waals surface area (Å²) in [5.41, 5.74) is 0. The van der Waals surface area contributed by atoms with Gasteiger partial charge in [-0.15, -0.1) is 0 Å². The van der Waals surface area contributed by atoms with Crippen LogP contribution in [0.4, 0.5) is 0 Å². The van der Waals surface area contributed by atoms with Gasteiger partial charge in [-0.25, -0.2) is 0 Å². The Morgan fingerprint density at radius 2 is 2.21 bits per heavy atom. The lowest BCUT2D eigenvalue weighted by molar-refractivity contribution is -0.138. The van der Waals surface area contributed by atoms with E-state index in [1.165, 1.54) is 0 Å². The fourth-order valence-corrected chi connectivity index (χ4v) is 2.64. The van der Waals surface area contributed by atoms with Gasteiger partial charge < -0.3 is 18.9 Å². The Morgan fingerprint density at radius 1 is 1.38 bits per heavy atom. The first-order valence-corrected chi connectivity index (χ1v) is 8.07. The van der Waals surface area contributed by atoms with Gasteiger partial charge in [0.05, 0.1) is 6.10 Å². The summed E-state index contributed by atoms with van der Waals surface area (Å²) >= 11 is 0. The molecule has 0 spiro atoms. The number of hydrogen-bond acceptors (Lipinski definition) is 6. The number of benzene rings is 1. The molecule has 1 aliphatic rings. The topological polar surface area (TPSA) is 77.7 Å². The molecular weight excluding hydrogens is 310 g/mol. The third kappa shape index (κ3) is 4.55. The summed E-state index contributed by atoms with van der Waals surface area (Å²) in [4.78, 5) is 18.2. The van der Waals surface area contributed by atoms with Crippen molar-refractivity contribution in [3.05, 3.63) is 42.0 Å². The van der Waals surface area contributed by atoms with Crippen LogP contribution in [0, 0.1) is 6.92 Å². The van der Waals surface area contributed by atoms with Gasteiger partial charge in [-0.1, -0.05) is 23.4 Å². The van der Waals surface area contributed by atoms with E-state index in [4.69, 9.17) is 14.0 Å². The highest BCUT2D eigenvalue weighted by molar-refractivity contribution is 5.77. The quantitative estimate of drug-likeness (QED) is 0.805. The first kappa shape index (κ1) is 16.4. The Hall–Kier alpha value is -2.41. The molecule has 0 bridgehead atoms. The predicted molar refractivity (Wildman–Crippen MR) is 85.4 cm³/mol. The molecule has 2 aromatic rings. The number of aryl methyl sites for hydroxylation is 1. The van der Waals surface area contributed by atoms with Crippen molar-refractivity contribution in [3.63, 3.8) is 0 Å². The third-order valence-corrected chi connectivity index (χ3v) is 3.85. The molecule has 0 unspecified atom stereocenters. The van der Waals surface area contributed by atoms with Crippen LogP contribution in [0.15, 0.2) is 34.9 Å². The molecule has 1 aliphatic heterocycles. The van der Waals surface area contributed by atoms with E-state index in [1.807, 2.05) is 30.3 Å². The largest absolute Gasteiger partial charge is 0.484 e. The van der Waals surface area contributed by atoms with Gasteiger partial charge in [0.25, 0.3) is 11.8 Å². The van der Waals surface area contributed by atoms with Gasteiger partial charge in [0, 0.05) is 13.1 Å². The molecule has 1 fully saturated rings. The zero-order valence-electron chi connectivity index (χ0n) is 13.7. The second-order valence-corrected chi connectivity index (χ2v) is 5.75. The van der Waals surface area contributed by atoms with Crippen molar-refractivity contribution in [3.8, 4) is 5.75 Å². The molecule has 0 N–H and O–H groups in total. The smallest absolute Gasteiger partial charge is 0.260 e. The summed E-state index contributed by atoms with van der Waals surface area (Å²) in [5.74, 6) is 1.72. The monoisotopic (exact) mass is 331 g/mol. The molecule has 0 radical (unpaired) electrons. The summed E-state index contributed by atoms with van der Waals surface area (Å²) in [6.45, 7) is 3.37. The molecule has 0 saturated carbocycles. The zero-order valence-corrected chi connectivity index (χ0v) is 13.7. The van der Waals surface area contributed by atoms with Crippen LogP contribution in [-0.4, -0.2) is 46.7 Å². The Bertz CT molecular complexity index is 659. The standard InChI is InChI=1S/C17H21N3O4/c1-13-18-16(24-19-13)11-22-15-8-5-9-20(10-15)17(21)12-23-14-6-3-2-4-7-14/h2-4,6-7,15H,5,8-12H2,1H3/t15-/m1/s1. The normalized spacial score (nSPS) is 17.7. The van der Waals surface area contributed by atoms with Gasteiger partial charge in [0.1, 0.15) is 12.4 Å². The third-order valence-electron chi connectivity index (χ3n) is 3.85. The Morgan fingerprint density at radius 3 is 2.96 bits per heavy atom. The first-order valence-electron chi connectivity index (χ1n) is 8.07. The lowest BCUT2D eigenvalue weighted by atomic mass is 10.1. The van der Waals surface area contributed by atoms with E-state index in [2.05, 4.69) is 10.1 Å². The molecule has 0 aliphatic carbocycles. The van der Waals surface area contributed by atoms with Crippen molar-refractivity contribution in [2.75, 3.05) is 19.7 Å². The molecule has 3 rings (SSSR count). The summed E-state index contributed by atoms with van der Waals surface area (Å²) < 4.78 is 16.3. The van der Waals surface area contributed by atoms with Gasteiger partial charge in [0.15, 0.2) is 12.4 Å². The average molecular weight is 331 g/mol. The highest BCUT2D eigenvalue weighted by atomic mass is 16.5. The molecule has 1 saturated heterocycles. The number of hydrogen-bond donors (Lipinski definition) is 0. The zero-order chi connectivity index (χ0) is 16.8. The lowest BCUT2D eigenvalue weighted by Gasteiger charge is -2.32. The fraction of sp³-hybridized carbons (Fsp3) is 0.471. The number of ether oxygens (including phenoxy) is 2. The number of piperidine rings is 1. The van der Waals surface area contributed by atoms with Crippen molar-refractivity contribution < 1.29 is 18.8 Å². The number of rotatable bonds is 6. The van der Waals surface area contributed by atoms with Gasteiger partial charge in [-0.05, 0) is 31.9 Å². The van der Waals surface area contributed by atoms with Crippen LogP contribution in [0.1, 0.15) is 24.6 Å². The second kappa shape index (κ2) is 7.92. The molecule has 1 aromatic heterocycles. The van der Waals surface area contributed by atoms with E-state index in [-0.39, 0.29) is 25.2 Å². The number of aromatic nitrogens is 2. The summed E-state index contributed by atoms with van der Waals surface area (Å²) in [5, 5.41) is 3.73. The maximum Gasteiger partial charge on any atom is 0.260 e. The van der Waals surface area contributed by atoms with Gasteiger partial charge in [-0.3, -0.25) is 4.79 Å². The fourth-order valence-electron chi connectivity index (χ4n) is 2.64. The molecule has 1 amide bonds. The van der Waals surface area contributed by atoms with E-state index in [0.29, 0.717) is 24.0 Å². The number of amides is 1. The van der Waals surface area contributed by atoms with Crippen LogP contribution in [0.2, 0.25) is 0 Å². The molecule has 128 valence electrons. The summed E-state index contributed by atoms with van der Waals surface area (Å²) in [7, 11) is 0. The SMILES string of the molecule is Cc1noc(CO[C@@H]2CCCN(C(=O)COc3ccccc3)C2)n1. The molecule has 24 heavy (non-hydrogen) atoms. The van der Waals surface area contributed by atoms with Crippen molar-refractivity contribution in [2.45, 2.75) is 32.5 Å². The molecule has 7 nitrogen and oxygen atoms in total. The van der Waals surface area contributed by atoms with E-state index >= 15 is 0 Å². The number of likely N-dealkylation sites (tertiary alicyclic amines) is 1. The van der Waals surface area contributed by atoms with Crippen LogP contribution < -0.4 is 4.74 Å². The highest BCUT2D eigenvalue weighted by Crippen LogP contribution is 2.16. The lowest BCUT2D eigenvalue weighted by Crippen LogP contribution is -2.45. The minimum Gasteiger partial charge on any atom is -0.484 e. The number of nitrogens with zero attached hydrogens (tertiary/aromatic N) is 3. The minimum atomic E-state index is -0.0270. The first-order chi connectivity index (χ1) is 11.7. The van der Waals surface area contributed by atoms with Crippen LogP contribution in [0.5, 0.6) is 5.75 Å². The maximum absolute atomic E-state index is 12.3. The number of carbonyl (C=O) groups excluding carboxylic acids is 1. The predicted octanol–water partition coefficient (Wildman–Crippen LogP) is 1.96. The molecule has 1 atom stereocenters. The summed E-state index contributed by atoms with van der Waals surface area (Å²) in [6, 6.07) is 9.34. The Balaban J connectivity index is 1.45. The van der Waals surface area contributed by atoms with E-state index < -0.39 is 0 Å².